The quantitative estimate of drug-likeness (QED) is 0.547. The van der Waals surface area contributed by atoms with E-state index in [9.17, 15) is 4.79 Å². The molecule has 0 saturated carbocycles. The zero-order valence-corrected chi connectivity index (χ0v) is 15.0. The Balaban J connectivity index is 2.01. The number of carbonyl (C=O) groups excluding carboxylic acids is 1. The first-order chi connectivity index (χ1) is 11.7. The fraction of sp³-hybridized carbons (Fsp3) is 0.409. The average molecular weight is 324 g/mol. The summed E-state index contributed by atoms with van der Waals surface area (Å²) in [7, 11) is 0. The molecule has 2 aromatic rings. The Hall–Kier alpha value is -2.09. The fourth-order valence-corrected chi connectivity index (χ4v) is 2.94. The predicted octanol–water partition coefficient (Wildman–Crippen LogP) is 6.12. The van der Waals surface area contributed by atoms with Crippen LogP contribution in [0.25, 0.3) is 11.1 Å². The average Bonchev–Trinajstić information content (AvgIpc) is 2.65. The van der Waals surface area contributed by atoms with Crippen LogP contribution >= 0.6 is 0 Å². The second kappa shape index (κ2) is 9.27. The van der Waals surface area contributed by atoms with Gasteiger partial charge in [0.2, 0.25) is 0 Å². The molecule has 1 atom stereocenters. The van der Waals surface area contributed by atoms with Crippen LogP contribution in [-0.2, 0) is 4.74 Å². The van der Waals surface area contributed by atoms with Crippen LogP contribution in [0.15, 0.2) is 54.6 Å². The van der Waals surface area contributed by atoms with Crippen molar-refractivity contribution >= 4 is 5.97 Å². The standard InChI is InChI=1S/C22H28O2/c1-4-17(5-2)16-21(6-3)24-22(23)20-14-12-19(13-15-20)18-10-8-7-9-11-18/h7-15,17,21H,4-6,16H2,1-3H3/t21-/m1/s1. The smallest absolute Gasteiger partial charge is 0.338 e. The molecule has 24 heavy (non-hydrogen) atoms. The van der Waals surface area contributed by atoms with Crippen molar-refractivity contribution in [3.8, 4) is 11.1 Å². The molecule has 0 saturated heterocycles. The molecule has 2 nitrogen and oxygen atoms in total. The maximum Gasteiger partial charge on any atom is 0.338 e. The lowest BCUT2D eigenvalue weighted by Crippen LogP contribution is -2.20. The summed E-state index contributed by atoms with van der Waals surface area (Å²) in [5, 5.41) is 0. The van der Waals surface area contributed by atoms with E-state index in [1.807, 2.05) is 42.5 Å². The number of hydrogen-bond donors (Lipinski definition) is 0. The van der Waals surface area contributed by atoms with Gasteiger partial charge in [0.25, 0.3) is 0 Å². The normalized spacial score (nSPS) is 12.2. The predicted molar refractivity (Wildman–Crippen MR) is 100 cm³/mol. The van der Waals surface area contributed by atoms with Crippen LogP contribution < -0.4 is 0 Å². The van der Waals surface area contributed by atoms with Crippen LogP contribution in [0.4, 0.5) is 0 Å². The van der Waals surface area contributed by atoms with Crippen molar-refractivity contribution < 1.29 is 9.53 Å². The first-order valence-electron chi connectivity index (χ1n) is 9.04. The molecular weight excluding hydrogens is 296 g/mol. The Morgan fingerprint density at radius 1 is 0.833 bits per heavy atom. The van der Waals surface area contributed by atoms with Crippen LogP contribution in [-0.4, -0.2) is 12.1 Å². The van der Waals surface area contributed by atoms with E-state index in [0.29, 0.717) is 11.5 Å². The number of ether oxygens (including phenoxy) is 1. The third kappa shape index (κ3) is 4.95. The zero-order chi connectivity index (χ0) is 17.4. The summed E-state index contributed by atoms with van der Waals surface area (Å²) >= 11 is 0. The maximum atomic E-state index is 12.4. The van der Waals surface area contributed by atoms with Crippen molar-refractivity contribution in [3.05, 3.63) is 60.2 Å². The number of rotatable bonds is 8. The van der Waals surface area contributed by atoms with Crippen molar-refractivity contribution in [2.45, 2.75) is 52.6 Å². The van der Waals surface area contributed by atoms with Gasteiger partial charge >= 0.3 is 5.97 Å². The van der Waals surface area contributed by atoms with Gasteiger partial charge < -0.3 is 4.74 Å². The van der Waals surface area contributed by atoms with Crippen LogP contribution in [0.2, 0.25) is 0 Å². The highest BCUT2D eigenvalue weighted by atomic mass is 16.5. The van der Waals surface area contributed by atoms with Gasteiger partial charge in [0.15, 0.2) is 0 Å². The summed E-state index contributed by atoms with van der Waals surface area (Å²) < 4.78 is 5.73. The molecule has 2 heteroatoms. The molecule has 0 aliphatic carbocycles. The van der Waals surface area contributed by atoms with Crippen molar-refractivity contribution in [2.75, 3.05) is 0 Å². The monoisotopic (exact) mass is 324 g/mol. The zero-order valence-electron chi connectivity index (χ0n) is 15.0. The molecular formula is C22H28O2. The molecule has 2 rings (SSSR count). The van der Waals surface area contributed by atoms with E-state index in [-0.39, 0.29) is 12.1 Å². The summed E-state index contributed by atoms with van der Waals surface area (Å²) in [4.78, 5) is 12.4. The molecule has 0 N–H and O–H groups in total. The second-order valence-electron chi connectivity index (χ2n) is 6.30. The lowest BCUT2D eigenvalue weighted by Gasteiger charge is -2.21. The van der Waals surface area contributed by atoms with Crippen LogP contribution in [0.3, 0.4) is 0 Å². The summed E-state index contributed by atoms with van der Waals surface area (Å²) in [5.74, 6) is 0.413. The lowest BCUT2D eigenvalue weighted by atomic mass is 9.95. The SMILES string of the molecule is CCC(CC)C[C@@H](CC)OC(=O)c1ccc(-c2ccccc2)cc1. The molecule has 0 aliphatic heterocycles. The third-order valence-corrected chi connectivity index (χ3v) is 4.71. The second-order valence-corrected chi connectivity index (χ2v) is 6.30. The van der Waals surface area contributed by atoms with Gasteiger partial charge in [0.05, 0.1) is 5.56 Å². The van der Waals surface area contributed by atoms with E-state index in [1.54, 1.807) is 0 Å². The highest BCUT2D eigenvalue weighted by molar-refractivity contribution is 5.90. The molecule has 2 aromatic carbocycles. The molecule has 0 fully saturated rings. The topological polar surface area (TPSA) is 26.3 Å². The van der Waals surface area contributed by atoms with Crippen LogP contribution in [0.1, 0.15) is 56.8 Å². The first kappa shape index (κ1) is 18.3. The summed E-state index contributed by atoms with van der Waals surface area (Å²) in [6, 6.07) is 17.8. The Bertz CT molecular complexity index is 612. The molecule has 0 amide bonds. The maximum absolute atomic E-state index is 12.4. The lowest BCUT2D eigenvalue weighted by molar-refractivity contribution is 0.0228. The van der Waals surface area contributed by atoms with E-state index in [4.69, 9.17) is 4.74 Å². The van der Waals surface area contributed by atoms with Crippen LogP contribution in [0.5, 0.6) is 0 Å². The minimum Gasteiger partial charge on any atom is -0.459 e. The summed E-state index contributed by atoms with van der Waals surface area (Å²) in [6.45, 7) is 6.48. The first-order valence-corrected chi connectivity index (χ1v) is 9.04. The molecule has 0 heterocycles. The van der Waals surface area contributed by atoms with Gasteiger partial charge in [-0.15, -0.1) is 0 Å². The fourth-order valence-electron chi connectivity index (χ4n) is 2.94. The Morgan fingerprint density at radius 2 is 1.42 bits per heavy atom. The number of benzene rings is 2. The minimum atomic E-state index is -0.215. The van der Waals surface area contributed by atoms with E-state index in [2.05, 4.69) is 32.9 Å². The van der Waals surface area contributed by atoms with E-state index < -0.39 is 0 Å². The van der Waals surface area contributed by atoms with Crippen molar-refractivity contribution in [2.24, 2.45) is 5.92 Å². The molecule has 0 aromatic heterocycles. The van der Waals surface area contributed by atoms with Gasteiger partial charge in [-0.25, -0.2) is 4.79 Å². The van der Waals surface area contributed by atoms with Gasteiger partial charge in [0, 0.05) is 0 Å². The number of esters is 1. The molecule has 0 bridgehead atoms. The largest absolute Gasteiger partial charge is 0.459 e. The van der Waals surface area contributed by atoms with Gasteiger partial charge in [-0.2, -0.15) is 0 Å². The number of hydrogen-bond acceptors (Lipinski definition) is 2. The minimum absolute atomic E-state index is 0.0104. The summed E-state index contributed by atoms with van der Waals surface area (Å²) in [5.41, 5.74) is 2.88. The molecule has 0 unspecified atom stereocenters. The Labute approximate surface area is 145 Å². The molecule has 0 aliphatic rings. The van der Waals surface area contributed by atoms with Gasteiger partial charge in [-0.1, -0.05) is 76.1 Å². The van der Waals surface area contributed by atoms with Crippen molar-refractivity contribution in [3.63, 3.8) is 0 Å². The van der Waals surface area contributed by atoms with Crippen LogP contribution in [0, 0.1) is 5.92 Å². The molecule has 0 spiro atoms. The Kier molecular flexibility index (Phi) is 7.05. The third-order valence-electron chi connectivity index (χ3n) is 4.71. The van der Waals surface area contributed by atoms with Crippen molar-refractivity contribution in [1.29, 1.82) is 0 Å². The Morgan fingerprint density at radius 3 is 1.96 bits per heavy atom. The summed E-state index contributed by atoms with van der Waals surface area (Å²) in [6.07, 6.45) is 4.10. The van der Waals surface area contributed by atoms with Gasteiger partial charge in [-0.05, 0) is 42.0 Å². The highest BCUT2D eigenvalue weighted by Crippen LogP contribution is 2.22. The van der Waals surface area contributed by atoms with E-state index >= 15 is 0 Å². The van der Waals surface area contributed by atoms with E-state index in [0.717, 1.165) is 36.8 Å². The van der Waals surface area contributed by atoms with E-state index in [1.165, 1.54) is 0 Å². The van der Waals surface area contributed by atoms with Crippen molar-refractivity contribution in [1.82, 2.24) is 0 Å². The van der Waals surface area contributed by atoms with Gasteiger partial charge in [-0.3, -0.25) is 0 Å². The molecule has 0 radical (unpaired) electrons. The number of carbonyl (C=O) groups is 1. The van der Waals surface area contributed by atoms with Gasteiger partial charge in [0.1, 0.15) is 6.10 Å². The highest BCUT2D eigenvalue weighted by Gasteiger charge is 2.18. The molecule has 128 valence electrons.